The number of aliphatic hydroxyl groups excluding tert-OH is 1. The van der Waals surface area contributed by atoms with E-state index in [1.54, 1.807) is 0 Å². The van der Waals surface area contributed by atoms with Crippen LogP contribution in [0.4, 0.5) is 0 Å². The lowest BCUT2D eigenvalue weighted by Gasteiger charge is -2.34. The van der Waals surface area contributed by atoms with Crippen molar-refractivity contribution in [2.45, 2.75) is 38.8 Å². The predicted molar refractivity (Wildman–Crippen MR) is 59.4 cm³/mol. The molecular weight excluding hydrogens is 176 g/mol. The van der Waals surface area contributed by atoms with E-state index in [-0.39, 0.29) is 12.6 Å². The van der Waals surface area contributed by atoms with E-state index in [9.17, 15) is 5.11 Å². The Labute approximate surface area is 87.5 Å². The number of likely N-dealkylation sites (N-methyl/N-ethyl adjacent to an activating group) is 1. The van der Waals surface area contributed by atoms with E-state index in [4.69, 9.17) is 0 Å². The van der Waals surface area contributed by atoms with Crippen molar-refractivity contribution in [3.8, 4) is 0 Å². The van der Waals surface area contributed by atoms with Crippen molar-refractivity contribution in [2.24, 2.45) is 5.92 Å². The third-order valence-corrected chi connectivity index (χ3v) is 3.08. The molecule has 1 heterocycles. The quantitative estimate of drug-likeness (QED) is 0.701. The van der Waals surface area contributed by atoms with E-state index in [1.807, 2.05) is 0 Å². The number of rotatable bonds is 4. The van der Waals surface area contributed by atoms with Gasteiger partial charge in [0.05, 0.1) is 6.61 Å². The monoisotopic (exact) mass is 200 g/mol. The Morgan fingerprint density at radius 3 is 2.71 bits per heavy atom. The first-order valence-electron chi connectivity index (χ1n) is 5.69. The van der Waals surface area contributed by atoms with Crippen LogP contribution in [0.1, 0.15) is 26.7 Å². The fourth-order valence-electron chi connectivity index (χ4n) is 2.06. The standard InChI is InChI=1S/C11H24N2O/c1-9(2)11(8-14)12-10-5-4-6-13(3)7-10/h9-12,14H,4-8H2,1-3H3/t10?,11-/m1/s1. The molecule has 0 aromatic heterocycles. The highest BCUT2D eigenvalue weighted by molar-refractivity contribution is 4.81. The molecule has 0 bridgehead atoms. The number of nitrogens with zero attached hydrogens (tertiary/aromatic N) is 1. The van der Waals surface area contributed by atoms with Gasteiger partial charge in [0.2, 0.25) is 0 Å². The maximum atomic E-state index is 9.22. The molecule has 1 aliphatic rings. The van der Waals surface area contributed by atoms with Gasteiger partial charge >= 0.3 is 0 Å². The van der Waals surface area contributed by atoms with Crippen LogP contribution in [0.15, 0.2) is 0 Å². The molecule has 0 aromatic carbocycles. The fraction of sp³-hybridized carbons (Fsp3) is 1.00. The molecule has 3 heteroatoms. The molecule has 1 rings (SSSR count). The van der Waals surface area contributed by atoms with Gasteiger partial charge in [0.1, 0.15) is 0 Å². The van der Waals surface area contributed by atoms with E-state index in [2.05, 4.69) is 31.1 Å². The molecule has 1 unspecified atom stereocenters. The molecule has 1 saturated heterocycles. The van der Waals surface area contributed by atoms with Gasteiger partial charge in [0, 0.05) is 18.6 Å². The highest BCUT2D eigenvalue weighted by atomic mass is 16.3. The molecule has 2 N–H and O–H groups in total. The number of hydrogen-bond donors (Lipinski definition) is 2. The molecule has 0 amide bonds. The van der Waals surface area contributed by atoms with Crippen LogP contribution in [0, 0.1) is 5.92 Å². The summed E-state index contributed by atoms with van der Waals surface area (Å²) in [6, 6.07) is 0.819. The number of nitrogens with one attached hydrogen (secondary N) is 1. The summed E-state index contributed by atoms with van der Waals surface area (Å²) in [7, 11) is 2.16. The lowest BCUT2D eigenvalue weighted by Crippen LogP contribution is -2.50. The Balaban J connectivity index is 2.33. The lowest BCUT2D eigenvalue weighted by atomic mass is 10.0. The van der Waals surface area contributed by atoms with Crippen LogP contribution in [0.5, 0.6) is 0 Å². The van der Waals surface area contributed by atoms with Crippen LogP contribution < -0.4 is 5.32 Å². The maximum absolute atomic E-state index is 9.22. The second-order valence-corrected chi connectivity index (χ2v) is 4.80. The molecule has 84 valence electrons. The minimum atomic E-state index is 0.248. The summed E-state index contributed by atoms with van der Waals surface area (Å²) in [5.74, 6) is 0.507. The lowest BCUT2D eigenvalue weighted by molar-refractivity contribution is 0.163. The van der Waals surface area contributed by atoms with Crippen LogP contribution in [0.25, 0.3) is 0 Å². The van der Waals surface area contributed by atoms with Crippen molar-refractivity contribution in [1.29, 1.82) is 0 Å². The molecule has 0 saturated carbocycles. The second-order valence-electron chi connectivity index (χ2n) is 4.80. The van der Waals surface area contributed by atoms with Gasteiger partial charge in [-0.15, -0.1) is 0 Å². The van der Waals surface area contributed by atoms with E-state index in [1.165, 1.54) is 19.4 Å². The smallest absolute Gasteiger partial charge is 0.0587 e. The zero-order chi connectivity index (χ0) is 10.6. The summed E-state index contributed by atoms with van der Waals surface area (Å²) in [4.78, 5) is 2.36. The number of piperidine rings is 1. The van der Waals surface area contributed by atoms with Crippen molar-refractivity contribution < 1.29 is 5.11 Å². The third kappa shape index (κ3) is 3.56. The van der Waals surface area contributed by atoms with E-state index >= 15 is 0 Å². The minimum absolute atomic E-state index is 0.248. The topological polar surface area (TPSA) is 35.5 Å². The highest BCUT2D eigenvalue weighted by Crippen LogP contribution is 2.10. The third-order valence-electron chi connectivity index (χ3n) is 3.08. The van der Waals surface area contributed by atoms with Gasteiger partial charge in [-0.25, -0.2) is 0 Å². The molecule has 0 aliphatic carbocycles. The minimum Gasteiger partial charge on any atom is -0.395 e. The molecule has 14 heavy (non-hydrogen) atoms. The van der Waals surface area contributed by atoms with Crippen LogP contribution in [-0.4, -0.2) is 48.8 Å². The van der Waals surface area contributed by atoms with E-state index in [0.717, 1.165) is 6.54 Å². The molecular formula is C11H24N2O. The summed E-state index contributed by atoms with van der Waals surface area (Å²) in [6.07, 6.45) is 2.51. The van der Waals surface area contributed by atoms with Gasteiger partial charge in [-0.05, 0) is 32.4 Å². The van der Waals surface area contributed by atoms with Crippen molar-refractivity contribution in [1.82, 2.24) is 10.2 Å². The summed E-state index contributed by atoms with van der Waals surface area (Å²) >= 11 is 0. The van der Waals surface area contributed by atoms with Gasteiger partial charge in [-0.3, -0.25) is 0 Å². The molecule has 0 aromatic rings. The Morgan fingerprint density at radius 2 is 2.21 bits per heavy atom. The molecule has 0 radical (unpaired) electrons. The fourth-order valence-corrected chi connectivity index (χ4v) is 2.06. The SMILES string of the molecule is CC(C)[C@@H](CO)NC1CCCN(C)C1. The van der Waals surface area contributed by atoms with Crippen LogP contribution in [-0.2, 0) is 0 Å². The van der Waals surface area contributed by atoms with Crippen LogP contribution in [0.2, 0.25) is 0 Å². The first kappa shape index (κ1) is 12.0. The molecule has 2 atom stereocenters. The van der Waals surface area contributed by atoms with Gasteiger partial charge in [0.15, 0.2) is 0 Å². The summed E-state index contributed by atoms with van der Waals surface area (Å²) in [5, 5.41) is 12.8. The molecule has 1 fully saturated rings. The first-order chi connectivity index (χ1) is 6.63. The first-order valence-corrected chi connectivity index (χ1v) is 5.69. The Bertz CT molecular complexity index is 161. The largest absolute Gasteiger partial charge is 0.395 e. The van der Waals surface area contributed by atoms with Crippen molar-refractivity contribution in [3.05, 3.63) is 0 Å². The molecule has 1 aliphatic heterocycles. The number of likely N-dealkylation sites (tertiary alicyclic amines) is 1. The number of hydrogen-bond acceptors (Lipinski definition) is 3. The van der Waals surface area contributed by atoms with Crippen LogP contribution >= 0.6 is 0 Å². The summed E-state index contributed by atoms with van der Waals surface area (Å²) in [5.41, 5.74) is 0. The van der Waals surface area contributed by atoms with Gasteiger partial charge in [-0.2, -0.15) is 0 Å². The Morgan fingerprint density at radius 1 is 1.50 bits per heavy atom. The van der Waals surface area contributed by atoms with E-state index in [0.29, 0.717) is 12.0 Å². The molecule has 0 spiro atoms. The summed E-state index contributed by atoms with van der Waals surface area (Å²) in [6.45, 7) is 6.88. The number of aliphatic hydroxyl groups is 1. The predicted octanol–water partition coefficient (Wildman–Crippen LogP) is 0.687. The highest BCUT2D eigenvalue weighted by Gasteiger charge is 2.21. The van der Waals surface area contributed by atoms with Gasteiger partial charge in [-0.1, -0.05) is 13.8 Å². The van der Waals surface area contributed by atoms with Crippen molar-refractivity contribution in [3.63, 3.8) is 0 Å². The average molecular weight is 200 g/mol. The normalized spacial score (nSPS) is 26.8. The zero-order valence-corrected chi connectivity index (χ0v) is 9.66. The van der Waals surface area contributed by atoms with Crippen molar-refractivity contribution >= 4 is 0 Å². The molecule has 3 nitrogen and oxygen atoms in total. The van der Waals surface area contributed by atoms with Gasteiger partial charge < -0.3 is 15.3 Å². The maximum Gasteiger partial charge on any atom is 0.0587 e. The van der Waals surface area contributed by atoms with Crippen molar-refractivity contribution in [2.75, 3.05) is 26.7 Å². The summed E-state index contributed by atoms with van der Waals surface area (Å²) < 4.78 is 0. The Kier molecular flexibility index (Phi) is 4.85. The van der Waals surface area contributed by atoms with Gasteiger partial charge in [0.25, 0.3) is 0 Å². The van der Waals surface area contributed by atoms with E-state index < -0.39 is 0 Å². The average Bonchev–Trinajstić information content (AvgIpc) is 2.14. The Hall–Kier alpha value is -0.120. The van der Waals surface area contributed by atoms with Crippen LogP contribution in [0.3, 0.4) is 0 Å². The zero-order valence-electron chi connectivity index (χ0n) is 9.66. The second kappa shape index (κ2) is 5.69.